The minimum Gasteiger partial charge on any atom is -0.466 e. The van der Waals surface area contributed by atoms with E-state index in [1.807, 2.05) is 6.92 Å². The van der Waals surface area contributed by atoms with E-state index in [-0.39, 0.29) is 5.97 Å². The highest BCUT2D eigenvalue weighted by molar-refractivity contribution is 5.69. The smallest absolute Gasteiger partial charge is 0.306 e. The Kier molecular flexibility index (Phi) is 7.69. The standard InChI is InChI=1S/C10H21NO2/c1-3-13-10(12)8-9(2)6-4-5-7-11/h9H,3-8,11H2,1-2H3. The minimum absolute atomic E-state index is 0.0808. The van der Waals surface area contributed by atoms with Gasteiger partial charge in [0.1, 0.15) is 0 Å². The van der Waals surface area contributed by atoms with E-state index in [0.29, 0.717) is 18.9 Å². The lowest BCUT2D eigenvalue weighted by Gasteiger charge is -2.09. The van der Waals surface area contributed by atoms with Gasteiger partial charge < -0.3 is 10.5 Å². The van der Waals surface area contributed by atoms with Crippen LogP contribution in [-0.4, -0.2) is 19.1 Å². The van der Waals surface area contributed by atoms with Gasteiger partial charge in [-0.1, -0.05) is 19.8 Å². The van der Waals surface area contributed by atoms with Crippen molar-refractivity contribution >= 4 is 5.97 Å². The summed E-state index contributed by atoms with van der Waals surface area (Å²) in [6.07, 6.45) is 3.76. The predicted octanol–water partition coefficient (Wildman–Crippen LogP) is 1.70. The second-order valence-corrected chi connectivity index (χ2v) is 3.40. The molecule has 1 unspecified atom stereocenters. The van der Waals surface area contributed by atoms with Gasteiger partial charge in [-0.3, -0.25) is 4.79 Å². The van der Waals surface area contributed by atoms with Gasteiger partial charge in [-0.25, -0.2) is 0 Å². The first kappa shape index (κ1) is 12.4. The molecule has 0 heterocycles. The molecule has 3 nitrogen and oxygen atoms in total. The predicted molar refractivity (Wildman–Crippen MR) is 53.3 cm³/mol. The summed E-state index contributed by atoms with van der Waals surface area (Å²) in [5.41, 5.74) is 5.37. The summed E-state index contributed by atoms with van der Waals surface area (Å²) in [5, 5.41) is 0. The minimum atomic E-state index is -0.0808. The molecule has 78 valence electrons. The van der Waals surface area contributed by atoms with Crippen molar-refractivity contribution in [1.82, 2.24) is 0 Å². The first-order valence-corrected chi connectivity index (χ1v) is 5.06. The fraction of sp³-hybridized carbons (Fsp3) is 0.900. The molecule has 13 heavy (non-hydrogen) atoms. The van der Waals surface area contributed by atoms with Gasteiger partial charge in [0.25, 0.3) is 0 Å². The number of hydrogen-bond acceptors (Lipinski definition) is 3. The van der Waals surface area contributed by atoms with Gasteiger partial charge in [0.15, 0.2) is 0 Å². The van der Waals surface area contributed by atoms with E-state index in [0.717, 1.165) is 25.8 Å². The van der Waals surface area contributed by atoms with Crippen LogP contribution in [0.1, 0.15) is 39.5 Å². The van der Waals surface area contributed by atoms with E-state index in [9.17, 15) is 4.79 Å². The molecule has 2 N–H and O–H groups in total. The largest absolute Gasteiger partial charge is 0.466 e. The topological polar surface area (TPSA) is 52.3 Å². The highest BCUT2D eigenvalue weighted by atomic mass is 16.5. The van der Waals surface area contributed by atoms with Crippen LogP contribution in [0, 0.1) is 5.92 Å². The first-order chi connectivity index (χ1) is 6.20. The Balaban J connectivity index is 3.38. The van der Waals surface area contributed by atoms with Crippen molar-refractivity contribution in [3.05, 3.63) is 0 Å². The van der Waals surface area contributed by atoms with Crippen molar-refractivity contribution in [2.24, 2.45) is 11.7 Å². The van der Waals surface area contributed by atoms with Gasteiger partial charge in [-0.05, 0) is 25.8 Å². The highest BCUT2D eigenvalue weighted by Gasteiger charge is 2.08. The quantitative estimate of drug-likeness (QED) is 0.487. The summed E-state index contributed by atoms with van der Waals surface area (Å²) >= 11 is 0. The highest BCUT2D eigenvalue weighted by Crippen LogP contribution is 2.12. The lowest BCUT2D eigenvalue weighted by molar-refractivity contribution is -0.144. The lowest BCUT2D eigenvalue weighted by atomic mass is 10.0. The molecule has 0 radical (unpaired) electrons. The fourth-order valence-electron chi connectivity index (χ4n) is 1.24. The second-order valence-electron chi connectivity index (χ2n) is 3.40. The molecule has 0 aromatic rings. The van der Waals surface area contributed by atoms with E-state index in [1.54, 1.807) is 0 Å². The number of hydrogen-bond donors (Lipinski definition) is 1. The van der Waals surface area contributed by atoms with Gasteiger partial charge in [0.2, 0.25) is 0 Å². The molecule has 0 rings (SSSR count). The van der Waals surface area contributed by atoms with Crippen molar-refractivity contribution in [1.29, 1.82) is 0 Å². The molecule has 0 aromatic carbocycles. The van der Waals surface area contributed by atoms with Crippen LogP contribution in [0.4, 0.5) is 0 Å². The number of esters is 1. The van der Waals surface area contributed by atoms with E-state index < -0.39 is 0 Å². The summed E-state index contributed by atoms with van der Waals surface area (Å²) < 4.78 is 4.86. The Morgan fingerprint density at radius 2 is 2.15 bits per heavy atom. The molecule has 0 aliphatic carbocycles. The summed E-state index contributed by atoms with van der Waals surface area (Å²) in [6.45, 7) is 5.13. The number of unbranched alkanes of at least 4 members (excludes halogenated alkanes) is 1. The average molecular weight is 187 g/mol. The van der Waals surface area contributed by atoms with Crippen molar-refractivity contribution in [3.8, 4) is 0 Å². The third kappa shape index (κ3) is 7.78. The summed E-state index contributed by atoms with van der Waals surface area (Å²) in [7, 11) is 0. The van der Waals surface area contributed by atoms with Crippen molar-refractivity contribution < 1.29 is 9.53 Å². The number of carbonyl (C=O) groups is 1. The number of rotatable bonds is 7. The van der Waals surface area contributed by atoms with Crippen LogP contribution in [0.25, 0.3) is 0 Å². The molecule has 0 aliphatic heterocycles. The van der Waals surface area contributed by atoms with Crippen molar-refractivity contribution in [2.45, 2.75) is 39.5 Å². The zero-order valence-electron chi connectivity index (χ0n) is 8.71. The van der Waals surface area contributed by atoms with Gasteiger partial charge in [-0.2, -0.15) is 0 Å². The summed E-state index contributed by atoms with van der Waals surface area (Å²) in [5.74, 6) is 0.341. The molecule has 0 bridgehead atoms. The fourth-order valence-corrected chi connectivity index (χ4v) is 1.24. The van der Waals surface area contributed by atoms with E-state index in [2.05, 4.69) is 6.92 Å². The Hall–Kier alpha value is -0.570. The summed E-state index contributed by atoms with van der Waals surface area (Å²) in [6, 6.07) is 0. The molecular formula is C10H21NO2. The van der Waals surface area contributed by atoms with E-state index >= 15 is 0 Å². The normalized spacial score (nSPS) is 12.5. The number of nitrogens with two attached hydrogens (primary N) is 1. The molecule has 0 saturated carbocycles. The first-order valence-electron chi connectivity index (χ1n) is 5.06. The van der Waals surface area contributed by atoms with Crippen LogP contribution in [0.15, 0.2) is 0 Å². The van der Waals surface area contributed by atoms with Crippen molar-refractivity contribution in [3.63, 3.8) is 0 Å². The zero-order valence-corrected chi connectivity index (χ0v) is 8.71. The molecular weight excluding hydrogens is 166 g/mol. The summed E-state index contributed by atoms with van der Waals surface area (Å²) in [4.78, 5) is 11.0. The van der Waals surface area contributed by atoms with E-state index in [1.165, 1.54) is 0 Å². The second kappa shape index (κ2) is 8.05. The van der Waals surface area contributed by atoms with E-state index in [4.69, 9.17) is 10.5 Å². The Morgan fingerprint density at radius 3 is 2.69 bits per heavy atom. The number of ether oxygens (including phenoxy) is 1. The lowest BCUT2D eigenvalue weighted by Crippen LogP contribution is -2.09. The molecule has 0 amide bonds. The van der Waals surface area contributed by atoms with Crippen LogP contribution >= 0.6 is 0 Å². The van der Waals surface area contributed by atoms with Gasteiger partial charge >= 0.3 is 5.97 Å². The monoisotopic (exact) mass is 187 g/mol. The van der Waals surface area contributed by atoms with Crippen LogP contribution in [0.3, 0.4) is 0 Å². The Bertz CT molecular complexity index is 137. The molecule has 0 aromatic heterocycles. The molecule has 0 aliphatic rings. The molecule has 0 fully saturated rings. The third-order valence-electron chi connectivity index (χ3n) is 1.97. The van der Waals surface area contributed by atoms with Gasteiger partial charge in [0, 0.05) is 6.42 Å². The van der Waals surface area contributed by atoms with Crippen LogP contribution < -0.4 is 5.73 Å². The zero-order chi connectivity index (χ0) is 10.1. The van der Waals surface area contributed by atoms with Gasteiger partial charge in [-0.15, -0.1) is 0 Å². The average Bonchev–Trinajstić information content (AvgIpc) is 2.05. The maximum absolute atomic E-state index is 11.0. The van der Waals surface area contributed by atoms with Crippen LogP contribution in [0.5, 0.6) is 0 Å². The molecule has 0 spiro atoms. The van der Waals surface area contributed by atoms with Crippen LogP contribution in [-0.2, 0) is 9.53 Å². The molecule has 1 atom stereocenters. The molecule has 0 saturated heterocycles. The SMILES string of the molecule is CCOC(=O)CC(C)CCCCN. The number of carbonyl (C=O) groups excluding carboxylic acids is 1. The third-order valence-corrected chi connectivity index (χ3v) is 1.97. The van der Waals surface area contributed by atoms with Crippen LogP contribution in [0.2, 0.25) is 0 Å². The maximum Gasteiger partial charge on any atom is 0.306 e. The Labute approximate surface area is 80.6 Å². The molecule has 3 heteroatoms. The van der Waals surface area contributed by atoms with Crippen molar-refractivity contribution in [2.75, 3.05) is 13.2 Å². The van der Waals surface area contributed by atoms with Gasteiger partial charge in [0.05, 0.1) is 6.61 Å². The Morgan fingerprint density at radius 1 is 1.46 bits per heavy atom. The maximum atomic E-state index is 11.0.